The normalized spacial score (nSPS) is 30.2. The van der Waals surface area contributed by atoms with E-state index in [0.717, 1.165) is 74.6 Å². The van der Waals surface area contributed by atoms with Crippen molar-refractivity contribution in [3.63, 3.8) is 0 Å². The number of hydrogen-bond donors (Lipinski definition) is 0. The molecule has 0 bridgehead atoms. The molecule has 3 aliphatic rings. The lowest BCUT2D eigenvalue weighted by atomic mass is 9.61. The molecule has 162 valence electrons. The van der Waals surface area contributed by atoms with Crippen molar-refractivity contribution in [3.8, 4) is 0 Å². The van der Waals surface area contributed by atoms with Crippen molar-refractivity contribution in [1.82, 2.24) is 14.9 Å². The van der Waals surface area contributed by atoms with Crippen LogP contribution in [0.15, 0.2) is 17.8 Å². The number of thiophene rings is 1. The standard InChI is InChI=1S/C22H30N4O3S/c1-2-29-21(27)22-6-3-17(25-8-10-28-11-9-25)13-16(22)4-7-26(14-22)19-18-5-12-30-20(18)24-15-23-19/h5,12,15-17H,2-4,6-11,13-14H2,1H3/t16-,17?,22-/m1/s1. The summed E-state index contributed by atoms with van der Waals surface area (Å²) in [5, 5.41) is 3.14. The molecule has 7 nitrogen and oxygen atoms in total. The zero-order valence-corrected chi connectivity index (χ0v) is 18.4. The van der Waals surface area contributed by atoms with Crippen molar-refractivity contribution in [3.05, 3.63) is 17.8 Å². The molecule has 2 aromatic heterocycles. The van der Waals surface area contributed by atoms with Crippen LogP contribution in [0.1, 0.15) is 32.6 Å². The van der Waals surface area contributed by atoms with Gasteiger partial charge in [0.1, 0.15) is 17.0 Å². The maximum atomic E-state index is 13.3. The molecule has 1 saturated carbocycles. The van der Waals surface area contributed by atoms with Crippen LogP contribution in [0.2, 0.25) is 0 Å². The van der Waals surface area contributed by atoms with Gasteiger partial charge in [-0.2, -0.15) is 0 Å². The van der Waals surface area contributed by atoms with Gasteiger partial charge in [0.15, 0.2) is 0 Å². The maximum absolute atomic E-state index is 13.3. The number of rotatable bonds is 4. The number of piperidine rings is 1. The molecule has 2 saturated heterocycles. The fraction of sp³-hybridized carbons (Fsp3) is 0.682. The highest BCUT2D eigenvalue weighted by Gasteiger charge is 2.54. The highest BCUT2D eigenvalue weighted by molar-refractivity contribution is 7.16. The Morgan fingerprint density at radius 3 is 3.00 bits per heavy atom. The number of anilines is 1. The molecule has 2 aliphatic heterocycles. The van der Waals surface area contributed by atoms with E-state index in [9.17, 15) is 4.79 Å². The van der Waals surface area contributed by atoms with E-state index < -0.39 is 5.41 Å². The second-order valence-corrected chi connectivity index (χ2v) is 9.59. The van der Waals surface area contributed by atoms with E-state index >= 15 is 0 Å². The molecule has 4 heterocycles. The van der Waals surface area contributed by atoms with Crippen LogP contribution in [0.25, 0.3) is 10.2 Å². The summed E-state index contributed by atoms with van der Waals surface area (Å²) in [4.78, 5) is 28.2. The molecule has 8 heteroatoms. The van der Waals surface area contributed by atoms with Gasteiger partial charge >= 0.3 is 5.97 Å². The van der Waals surface area contributed by atoms with Gasteiger partial charge in [0, 0.05) is 32.2 Å². The molecular formula is C22H30N4O3S. The van der Waals surface area contributed by atoms with Crippen LogP contribution in [0.5, 0.6) is 0 Å². The molecule has 1 unspecified atom stereocenters. The third-order valence-corrected chi connectivity index (χ3v) is 8.09. The van der Waals surface area contributed by atoms with Crippen LogP contribution in [0.3, 0.4) is 0 Å². The molecule has 0 amide bonds. The second-order valence-electron chi connectivity index (χ2n) is 8.70. The average molecular weight is 431 g/mol. The van der Waals surface area contributed by atoms with Gasteiger partial charge in [-0.25, -0.2) is 9.97 Å². The van der Waals surface area contributed by atoms with Crippen LogP contribution in [-0.2, 0) is 14.3 Å². The molecule has 3 fully saturated rings. The third-order valence-electron chi connectivity index (χ3n) is 7.27. The van der Waals surface area contributed by atoms with Crippen molar-refractivity contribution >= 4 is 33.3 Å². The number of carbonyl (C=O) groups excluding carboxylic acids is 1. The summed E-state index contributed by atoms with van der Waals surface area (Å²) >= 11 is 1.63. The minimum atomic E-state index is -0.440. The van der Waals surface area contributed by atoms with Gasteiger partial charge in [0.2, 0.25) is 0 Å². The number of morpholine rings is 1. The van der Waals surface area contributed by atoms with Crippen LogP contribution in [0, 0.1) is 11.3 Å². The van der Waals surface area contributed by atoms with Crippen LogP contribution < -0.4 is 4.90 Å². The van der Waals surface area contributed by atoms with E-state index in [-0.39, 0.29) is 5.97 Å². The molecule has 0 N–H and O–H groups in total. The number of aromatic nitrogens is 2. The van der Waals surface area contributed by atoms with Crippen molar-refractivity contribution in [2.24, 2.45) is 11.3 Å². The Bertz CT molecular complexity index is 899. The first kappa shape index (κ1) is 20.2. The summed E-state index contributed by atoms with van der Waals surface area (Å²) in [6.07, 6.45) is 5.64. The average Bonchev–Trinajstić information content (AvgIpc) is 3.28. The second kappa shape index (κ2) is 8.40. The number of hydrogen-bond acceptors (Lipinski definition) is 8. The third kappa shape index (κ3) is 3.48. The fourth-order valence-electron chi connectivity index (χ4n) is 5.73. The molecule has 0 radical (unpaired) electrons. The number of carbonyl (C=O) groups is 1. The van der Waals surface area contributed by atoms with E-state index in [1.165, 1.54) is 0 Å². The molecule has 5 rings (SSSR count). The SMILES string of the molecule is CCOC(=O)[C@@]12CCC(N3CCOCC3)C[C@H]1CCN(c1ncnc3sccc13)C2. The molecular weight excluding hydrogens is 400 g/mol. The minimum Gasteiger partial charge on any atom is -0.466 e. The summed E-state index contributed by atoms with van der Waals surface area (Å²) in [5.41, 5.74) is -0.440. The lowest BCUT2D eigenvalue weighted by molar-refractivity contribution is -0.164. The van der Waals surface area contributed by atoms with Crippen molar-refractivity contribution < 1.29 is 14.3 Å². The maximum Gasteiger partial charge on any atom is 0.314 e. The van der Waals surface area contributed by atoms with E-state index in [2.05, 4.69) is 31.2 Å². The first-order valence-corrected chi connectivity index (χ1v) is 12.0. The highest BCUT2D eigenvalue weighted by Crippen LogP contribution is 2.49. The molecule has 0 aromatic carbocycles. The number of esters is 1. The summed E-state index contributed by atoms with van der Waals surface area (Å²) in [6.45, 7) is 7.60. The lowest BCUT2D eigenvalue weighted by Gasteiger charge is -2.52. The Morgan fingerprint density at radius 1 is 1.30 bits per heavy atom. The van der Waals surface area contributed by atoms with E-state index in [4.69, 9.17) is 9.47 Å². The van der Waals surface area contributed by atoms with Crippen LogP contribution >= 0.6 is 11.3 Å². The molecule has 30 heavy (non-hydrogen) atoms. The van der Waals surface area contributed by atoms with Crippen LogP contribution in [-0.4, -0.2) is 72.9 Å². The van der Waals surface area contributed by atoms with Gasteiger partial charge in [0.25, 0.3) is 0 Å². The van der Waals surface area contributed by atoms with Crippen LogP contribution in [0.4, 0.5) is 5.82 Å². The van der Waals surface area contributed by atoms with Gasteiger partial charge < -0.3 is 14.4 Å². The summed E-state index contributed by atoms with van der Waals surface area (Å²) in [5.74, 6) is 1.30. The van der Waals surface area contributed by atoms with Gasteiger partial charge in [-0.15, -0.1) is 11.3 Å². The van der Waals surface area contributed by atoms with E-state index in [1.54, 1.807) is 17.7 Å². The molecule has 0 spiro atoms. The summed E-state index contributed by atoms with van der Waals surface area (Å²) < 4.78 is 11.2. The number of nitrogens with zero attached hydrogens (tertiary/aromatic N) is 4. The molecule has 3 atom stereocenters. The predicted molar refractivity (Wildman–Crippen MR) is 117 cm³/mol. The highest BCUT2D eigenvalue weighted by atomic mass is 32.1. The topological polar surface area (TPSA) is 67.8 Å². The summed E-state index contributed by atoms with van der Waals surface area (Å²) in [6, 6.07) is 2.64. The zero-order valence-electron chi connectivity index (χ0n) is 17.6. The Morgan fingerprint density at radius 2 is 2.17 bits per heavy atom. The minimum absolute atomic E-state index is 0.0178. The first-order valence-electron chi connectivity index (χ1n) is 11.1. The van der Waals surface area contributed by atoms with Gasteiger partial charge in [-0.3, -0.25) is 9.69 Å². The van der Waals surface area contributed by atoms with Crippen molar-refractivity contribution in [2.45, 2.75) is 38.6 Å². The van der Waals surface area contributed by atoms with Gasteiger partial charge in [0.05, 0.1) is 30.6 Å². The zero-order chi connectivity index (χ0) is 20.6. The predicted octanol–water partition coefficient (Wildman–Crippen LogP) is 2.95. The largest absolute Gasteiger partial charge is 0.466 e. The Labute approximate surface area is 181 Å². The Kier molecular flexibility index (Phi) is 5.64. The Balaban J connectivity index is 1.41. The van der Waals surface area contributed by atoms with Gasteiger partial charge in [-0.1, -0.05) is 0 Å². The van der Waals surface area contributed by atoms with E-state index in [1.807, 2.05) is 6.92 Å². The van der Waals surface area contributed by atoms with Gasteiger partial charge in [-0.05, 0) is 50.0 Å². The quantitative estimate of drug-likeness (QED) is 0.691. The van der Waals surface area contributed by atoms with Crippen molar-refractivity contribution in [2.75, 3.05) is 50.9 Å². The monoisotopic (exact) mass is 430 g/mol. The molecule has 1 aliphatic carbocycles. The number of ether oxygens (including phenoxy) is 2. The Hall–Kier alpha value is -1.77. The lowest BCUT2D eigenvalue weighted by Crippen LogP contribution is -2.59. The van der Waals surface area contributed by atoms with Crippen molar-refractivity contribution in [1.29, 1.82) is 0 Å². The number of fused-ring (bicyclic) bond motifs is 2. The smallest absolute Gasteiger partial charge is 0.314 e. The van der Waals surface area contributed by atoms with E-state index in [0.29, 0.717) is 25.1 Å². The first-order chi connectivity index (χ1) is 14.7. The summed E-state index contributed by atoms with van der Waals surface area (Å²) in [7, 11) is 0. The fourth-order valence-corrected chi connectivity index (χ4v) is 6.45. The molecule has 2 aromatic rings.